The zero-order chi connectivity index (χ0) is 21.1. The van der Waals surface area contributed by atoms with Gasteiger partial charge in [0.25, 0.3) is 11.5 Å². The maximum Gasteiger partial charge on any atom is 0.272 e. The quantitative estimate of drug-likeness (QED) is 0.478. The molecule has 0 bridgehead atoms. The van der Waals surface area contributed by atoms with E-state index in [2.05, 4.69) is 17.2 Å². The Morgan fingerprint density at radius 2 is 1.97 bits per heavy atom. The minimum absolute atomic E-state index is 0.192. The molecule has 154 valence electrons. The van der Waals surface area contributed by atoms with E-state index in [4.69, 9.17) is 4.74 Å². The Kier molecular flexibility index (Phi) is 5.63. The van der Waals surface area contributed by atoms with Crippen LogP contribution in [0.15, 0.2) is 59.5 Å². The fraction of sp³-hybridized carbons (Fsp3) is 0.261. The number of amides is 1. The first-order valence-corrected chi connectivity index (χ1v) is 10.0. The topological polar surface area (TPSA) is 77.6 Å². The summed E-state index contributed by atoms with van der Waals surface area (Å²) < 4.78 is 8.46. The number of aryl methyl sites for hydroxylation is 2. The van der Waals surface area contributed by atoms with Crippen LogP contribution in [-0.4, -0.2) is 33.6 Å². The van der Waals surface area contributed by atoms with Gasteiger partial charge in [0, 0.05) is 32.1 Å². The van der Waals surface area contributed by atoms with Gasteiger partial charge in [0.1, 0.15) is 17.0 Å². The molecule has 0 aliphatic carbocycles. The second-order valence-electron chi connectivity index (χ2n) is 7.12. The van der Waals surface area contributed by atoms with Gasteiger partial charge in [-0.2, -0.15) is 0 Å². The van der Waals surface area contributed by atoms with Crippen LogP contribution >= 0.6 is 0 Å². The Labute approximate surface area is 173 Å². The lowest BCUT2D eigenvalue weighted by Gasteiger charge is -2.11. The predicted octanol–water partition coefficient (Wildman–Crippen LogP) is 3.50. The monoisotopic (exact) mass is 404 g/mol. The lowest BCUT2D eigenvalue weighted by molar-refractivity contribution is 0.101. The van der Waals surface area contributed by atoms with Crippen LogP contribution in [0.4, 0.5) is 5.69 Å². The van der Waals surface area contributed by atoms with Crippen molar-refractivity contribution < 1.29 is 9.53 Å². The molecular weight excluding hydrogens is 380 g/mol. The summed E-state index contributed by atoms with van der Waals surface area (Å²) in [5.41, 5.74) is 3.17. The van der Waals surface area contributed by atoms with E-state index in [1.807, 2.05) is 30.3 Å². The summed E-state index contributed by atoms with van der Waals surface area (Å²) in [6, 6.07) is 14.8. The van der Waals surface area contributed by atoms with Crippen molar-refractivity contribution in [2.45, 2.75) is 26.3 Å². The maximum atomic E-state index is 13.1. The van der Waals surface area contributed by atoms with Gasteiger partial charge in [-0.05, 0) is 48.7 Å². The van der Waals surface area contributed by atoms with Gasteiger partial charge in [0.15, 0.2) is 0 Å². The number of carbonyl (C=O) groups is 1. The van der Waals surface area contributed by atoms with Crippen LogP contribution < -0.4 is 10.9 Å². The third-order valence-electron chi connectivity index (χ3n) is 5.16. The Bertz CT molecular complexity index is 1260. The average Bonchev–Trinajstić information content (AvgIpc) is 3.13. The average molecular weight is 404 g/mol. The van der Waals surface area contributed by atoms with Crippen molar-refractivity contribution in [1.82, 2.24) is 14.0 Å². The molecule has 0 atom stereocenters. The second kappa shape index (κ2) is 8.51. The number of ether oxygens (including phenoxy) is 1. The summed E-state index contributed by atoms with van der Waals surface area (Å²) >= 11 is 0. The van der Waals surface area contributed by atoms with E-state index < -0.39 is 0 Å². The summed E-state index contributed by atoms with van der Waals surface area (Å²) in [6.45, 7) is 3.15. The van der Waals surface area contributed by atoms with E-state index in [9.17, 15) is 9.59 Å². The fourth-order valence-corrected chi connectivity index (χ4v) is 3.55. The molecule has 7 heteroatoms. The molecule has 30 heavy (non-hydrogen) atoms. The number of benzene rings is 1. The minimum atomic E-state index is -0.275. The predicted molar refractivity (Wildman–Crippen MR) is 117 cm³/mol. The molecule has 3 aromatic heterocycles. The van der Waals surface area contributed by atoms with Gasteiger partial charge in [-0.15, -0.1) is 0 Å². The third kappa shape index (κ3) is 3.71. The van der Waals surface area contributed by atoms with Crippen molar-refractivity contribution >= 4 is 28.3 Å². The van der Waals surface area contributed by atoms with Crippen LogP contribution in [0.1, 0.15) is 29.4 Å². The van der Waals surface area contributed by atoms with Crippen molar-refractivity contribution in [3.63, 3.8) is 0 Å². The van der Waals surface area contributed by atoms with Gasteiger partial charge in [-0.25, -0.2) is 4.98 Å². The first-order chi connectivity index (χ1) is 14.6. The highest BCUT2D eigenvalue weighted by atomic mass is 16.5. The molecule has 0 unspecified atom stereocenters. The van der Waals surface area contributed by atoms with Gasteiger partial charge < -0.3 is 14.6 Å². The van der Waals surface area contributed by atoms with Gasteiger partial charge in [-0.3, -0.25) is 14.0 Å². The van der Waals surface area contributed by atoms with Crippen molar-refractivity contribution in [3.05, 3.63) is 76.3 Å². The molecule has 4 aromatic rings. The third-order valence-corrected chi connectivity index (χ3v) is 5.16. The normalized spacial score (nSPS) is 11.3. The Morgan fingerprint density at radius 1 is 1.17 bits per heavy atom. The summed E-state index contributed by atoms with van der Waals surface area (Å²) in [4.78, 5) is 30.7. The lowest BCUT2D eigenvalue weighted by Crippen LogP contribution is -2.18. The molecule has 7 nitrogen and oxygen atoms in total. The van der Waals surface area contributed by atoms with Crippen molar-refractivity contribution in [1.29, 1.82) is 0 Å². The van der Waals surface area contributed by atoms with Gasteiger partial charge in [-0.1, -0.05) is 25.1 Å². The number of fused-ring (bicyclic) bond motifs is 2. The number of rotatable bonds is 7. The number of nitrogens with one attached hydrogen (secondary N) is 1. The first-order valence-electron chi connectivity index (χ1n) is 10.0. The highest BCUT2D eigenvalue weighted by Gasteiger charge is 2.19. The van der Waals surface area contributed by atoms with Crippen LogP contribution in [0, 0.1) is 0 Å². The lowest BCUT2D eigenvalue weighted by atomic mass is 10.1. The number of methoxy groups -OCH3 is 1. The van der Waals surface area contributed by atoms with E-state index in [0.29, 0.717) is 47.6 Å². The second-order valence-corrected chi connectivity index (χ2v) is 7.12. The van der Waals surface area contributed by atoms with E-state index in [-0.39, 0.29) is 11.5 Å². The summed E-state index contributed by atoms with van der Waals surface area (Å²) in [7, 11) is 1.64. The number of anilines is 1. The SMILES string of the molecule is CCc1ccc(NC(=O)c2cc3c(=O)n4ccccc4nc3n2CCCOC)cc1. The molecule has 1 aromatic carbocycles. The molecule has 0 spiro atoms. The fourth-order valence-electron chi connectivity index (χ4n) is 3.55. The molecule has 0 fully saturated rings. The number of nitrogens with zero attached hydrogens (tertiary/aromatic N) is 3. The summed E-state index contributed by atoms with van der Waals surface area (Å²) in [6.07, 6.45) is 3.31. The van der Waals surface area contributed by atoms with E-state index in [0.717, 1.165) is 6.42 Å². The summed E-state index contributed by atoms with van der Waals surface area (Å²) in [5, 5.41) is 3.35. The highest BCUT2D eigenvalue weighted by Crippen LogP contribution is 2.19. The largest absolute Gasteiger partial charge is 0.385 e. The number of pyridine rings is 1. The highest BCUT2D eigenvalue weighted by molar-refractivity contribution is 6.06. The van der Waals surface area contributed by atoms with Crippen LogP contribution in [0.3, 0.4) is 0 Å². The molecule has 0 saturated heterocycles. The van der Waals surface area contributed by atoms with Gasteiger partial charge >= 0.3 is 0 Å². The van der Waals surface area contributed by atoms with Crippen molar-refractivity contribution in [2.24, 2.45) is 0 Å². The molecule has 0 aliphatic heterocycles. The molecule has 4 rings (SSSR count). The minimum Gasteiger partial charge on any atom is -0.385 e. The standard InChI is InChI=1S/C23H24N4O3/c1-3-16-8-10-17(11-9-16)24-22(28)19-15-18-21(26(19)13-6-14-30-2)25-20-7-4-5-12-27(20)23(18)29/h4-5,7-12,15H,3,6,13-14H2,1-2H3,(H,24,28). The smallest absolute Gasteiger partial charge is 0.272 e. The number of hydrogen-bond acceptors (Lipinski definition) is 4. The van der Waals surface area contributed by atoms with Crippen LogP contribution in [0.5, 0.6) is 0 Å². The molecule has 1 amide bonds. The number of aromatic nitrogens is 3. The molecule has 0 saturated carbocycles. The molecular formula is C23H24N4O3. The summed E-state index contributed by atoms with van der Waals surface area (Å²) in [5.74, 6) is -0.275. The maximum absolute atomic E-state index is 13.1. The Balaban J connectivity index is 1.79. The van der Waals surface area contributed by atoms with E-state index in [1.165, 1.54) is 9.96 Å². The van der Waals surface area contributed by atoms with Crippen LogP contribution in [-0.2, 0) is 17.7 Å². The van der Waals surface area contributed by atoms with Crippen molar-refractivity contribution in [3.8, 4) is 0 Å². The Morgan fingerprint density at radius 3 is 2.70 bits per heavy atom. The van der Waals surface area contributed by atoms with Gasteiger partial charge in [0.05, 0.1) is 5.39 Å². The molecule has 3 heterocycles. The van der Waals surface area contributed by atoms with Crippen molar-refractivity contribution in [2.75, 3.05) is 19.0 Å². The molecule has 0 radical (unpaired) electrons. The van der Waals surface area contributed by atoms with E-state index >= 15 is 0 Å². The Hall–Kier alpha value is -3.45. The molecule has 0 aliphatic rings. The van der Waals surface area contributed by atoms with E-state index in [1.54, 1.807) is 36.1 Å². The number of hydrogen-bond donors (Lipinski definition) is 1. The van der Waals surface area contributed by atoms with Gasteiger partial charge in [0.2, 0.25) is 0 Å². The zero-order valence-corrected chi connectivity index (χ0v) is 17.1. The first kappa shape index (κ1) is 19.8. The van der Waals surface area contributed by atoms with Crippen LogP contribution in [0.25, 0.3) is 16.7 Å². The van der Waals surface area contributed by atoms with Crippen LogP contribution in [0.2, 0.25) is 0 Å². The number of carbonyl (C=O) groups excluding carboxylic acids is 1. The zero-order valence-electron chi connectivity index (χ0n) is 17.1. The molecule has 1 N–H and O–H groups in total.